The van der Waals surface area contributed by atoms with Gasteiger partial charge in [-0.05, 0) is 18.1 Å². The van der Waals surface area contributed by atoms with Gasteiger partial charge in [-0.15, -0.1) is 0 Å². The molecular formula is C16H25N4O3+. The van der Waals surface area contributed by atoms with Crippen LogP contribution in [0.15, 0.2) is 24.3 Å². The van der Waals surface area contributed by atoms with Gasteiger partial charge in [0.05, 0.1) is 31.1 Å². The van der Waals surface area contributed by atoms with Gasteiger partial charge in [0.1, 0.15) is 0 Å². The monoisotopic (exact) mass is 321 g/mol. The fourth-order valence-electron chi connectivity index (χ4n) is 2.65. The van der Waals surface area contributed by atoms with Crippen molar-refractivity contribution in [3.8, 4) is 0 Å². The highest BCUT2D eigenvalue weighted by molar-refractivity contribution is 5.76. The number of non-ortho nitro benzene ring substituents is 1. The third-order valence-corrected chi connectivity index (χ3v) is 4.01. The number of carbonyl (C=O) groups excluding carboxylic acids is 1. The van der Waals surface area contributed by atoms with Gasteiger partial charge in [-0.3, -0.25) is 14.9 Å². The number of quaternary nitrogens is 1. The molecule has 23 heavy (non-hydrogen) atoms. The highest BCUT2D eigenvalue weighted by Crippen LogP contribution is 2.19. The zero-order chi connectivity index (χ0) is 16.8. The molecule has 1 amide bonds. The number of nitro groups is 1. The summed E-state index contributed by atoms with van der Waals surface area (Å²) in [5, 5.41) is 13.6. The molecule has 0 atom stereocenters. The summed E-state index contributed by atoms with van der Waals surface area (Å²) in [6, 6.07) is 6.65. The van der Waals surface area contributed by atoms with Crippen molar-refractivity contribution in [2.45, 2.75) is 13.8 Å². The van der Waals surface area contributed by atoms with Crippen LogP contribution < -0.4 is 15.1 Å². The third-order valence-electron chi connectivity index (χ3n) is 4.01. The van der Waals surface area contributed by atoms with Crippen LogP contribution in [0.25, 0.3) is 0 Å². The molecule has 1 saturated heterocycles. The Hall–Kier alpha value is -2.15. The SMILES string of the molecule is CC(C)CNC(=O)C[NH+]1CCN(c2ccc([N+](=O)[O-])cc2)CC1. The minimum atomic E-state index is -0.387. The molecule has 1 aromatic carbocycles. The Morgan fingerprint density at radius 3 is 2.43 bits per heavy atom. The van der Waals surface area contributed by atoms with Crippen LogP contribution in [-0.2, 0) is 4.79 Å². The minimum absolute atomic E-state index is 0.109. The summed E-state index contributed by atoms with van der Waals surface area (Å²) in [6.45, 7) is 8.89. The summed E-state index contributed by atoms with van der Waals surface area (Å²) in [5.41, 5.74) is 1.11. The van der Waals surface area contributed by atoms with Gasteiger partial charge in [0, 0.05) is 24.4 Å². The van der Waals surface area contributed by atoms with E-state index in [1.807, 2.05) is 0 Å². The highest BCUT2D eigenvalue weighted by atomic mass is 16.6. The highest BCUT2D eigenvalue weighted by Gasteiger charge is 2.22. The number of nitrogens with one attached hydrogen (secondary N) is 2. The van der Waals surface area contributed by atoms with Crippen LogP contribution >= 0.6 is 0 Å². The number of benzene rings is 1. The lowest BCUT2D eigenvalue weighted by molar-refractivity contribution is -0.892. The minimum Gasteiger partial charge on any atom is -0.360 e. The lowest BCUT2D eigenvalue weighted by atomic mass is 10.2. The van der Waals surface area contributed by atoms with Gasteiger partial charge in [-0.2, -0.15) is 0 Å². The van der Waals surface area contributed by atoms with Crippen LogP contribution in [0.3, 0.4) is 0 Å². The second kappa shape index (κ2) is 7.92. The number of piperazine rings is 1. The Balaban J connectivity index is 1.79. The molecule has 7 nitrogen and oxygen atoms in total. The standard InChI is InChI=1S/C16H24N4O3/c1-13(2)11-17-16(21)12-18-7-9-19(10-8-18)14-3-5-15(6-4-14)20(22)23/h3-6,13H,7-12H2,1-2H3,(H,17,21)/p+1. The first kappa shape index (κ1) is 17.2. The van der Waals surface area contributed by atoms with E-state index in [4.69, 9.17) is 0 Å². The van der Waals surface area contributed by atoms with Crippen molar-refractivity contribution in [1.82, 2.24) is 5.32 Å². The van der Waals surface area contributed by atoms with E-state index in [0.717, 1.165) is 38.4 Å². The Morgan fingerprint density at radius 1 is 1.30 bits per heavy atom. The molecule has 0 spiro atoms. The van der Waals surface area contributed by atoms with Crippen LogP contribution in [0.2, 0.25) is 0 Å². The Kier molecular flexibility index (Phi) is 5.92. The molecule has 0 unspecified atom stereocenters. The van der Waals surface area contributed by atoms with E-state index in [9.17, 15) is 14.9 Å². The second-order valence-corrected chi connectivity index (χ2v) is 6.39. The van der Waals surface area contributed by atoms with Gasteiger partial charge < -0.3 is 15.1 Å². The first-order valence-corrected chi connectivity index (χ1v) is 8.05. The molecule has 2 rings (SSSR count). The predicted molar refractivity (Wildman–Crippen MR) is 88.7 cm³/mol. The van der Waals surface area contributed by atoms with E-state index >= 15 is 0 Å². The number of amides is 1. The summed E-state index contributed by atoms with van der Waals surface area (Å²) >= 11 is 0. The van der Waals surface area contributed by atoms with Crippen LogP contribution in [0, 0.1) is 16.0 Å². The normalized spacial score (nSPS) is 15.7. The van der Waals surface area contributed by atoms with E-state index in [2.05, 4.69) is 24.1 Å². The van der Waals surface area contributed by atoms with E-state index in [-0.39, 0.29) is 16.5 Å². The Morgan fingerprint density at radius 2 is 1.91 bits per heavy atom. The molecule has 0 bridgehead atoms. The second-order valence-electron chi connectivity index (χ2n) is 6.39. The number of nitrogens with zero attached hydrogens (tertiary/aromatic N) is 2. The molecular weight excluding hydrogens is 296 g/mol. The lowest BCUT2D eigenvalue weighted by Crippen LogP contribution is -3.16. The number of nitro benzene ring substituents is 1. The average molecular weight is 321 g/mol. The topological polar surface area (TPSA) is 79.9 Å². The number of rotatable bonds is 6. The van der Waals surface area contributed by atoms with Crippen molar-refractivity contribution < 1.29 is 14.6 Å². The number of anilines is 1. The molecule has 7 heteroatoms. The first-order valence-electron chi connectivity index (χ1n) is 8.05. The van der Waals surface area contributed by atoms with Crippen LogP contribution in [0.5, 0.6) is 0 Å². The summed E-state index contributed by atoms with van der Waals surface area (Å²) < 4.78 is 0. The van der Waals surface area contributed by atoms with E-state index in [0.29, 0.717) is 12.5 Å². The van der Waals surface area contributed by atoms with Crippen molar-refractivity contribution in [3.63, 3.8) is 0 Å². The zero-order valence-electron chi connectivity index (χ0n) is 13.7. The molecule has 0 aromatic heterocycles. The van der Waals surface area contributed by atoms with Gasteiger partial charge >= 0.3 is 0 Å². The van der Waals surface area contributed by atoms with E-state index in [1.54, 1.807) is 12.1 Å². The molecule has 1 aliphatic rings. The van der Waals surface area contributed by atoms with Gasteiger partial charge in [-0.25, -0.2) is 0 Å². The number of carbonyl (C=O) groups is 1. The zero-order valence-corrected chi connectivity index (χ0v) is 13.7. The summed E-state index contributed by atoms with van der Waals surface area (Å²) in [7, 11) is 0. The van der Waals surface area contributed by atoms with E-state index < -0.39 is 0 Å². The van der Waals surface area contributed by atoms with Crippen molar-refractivity contribution in [2.75, 3.05) is 44.2 Å². The van der Waals surface area contributed by atoms with Crippen LogP contribution in [-0.4, -0.2) is 50.1 Å². The number of hydrogen-bond donors (Lipinski definition) is 2. The molecule has 2 N–H and O–H groups in total. The quantitative estimate of drug-likeness (QED) is 0.574. The van der Waals surface area contributed by atoms with Gasteiger partial charge in [0.2, 0.25) is 0 Å². The van der Waals surface area contributed by atoms with Crippen LogP contribution in [0.1, 0.15) is 13.8 Å². The first-order chi connectivity index (χ1) is 11.0. The van der Waals surface area contributed by atoms with Crippen molar-refractivity contribution in [2.24, 2.45) is 5.92 Å². The Bertz CT molecular complexity index is 537. The maximum atomic E-state index is 11.9. The third kappa shape index (κ3) is 5.21. The van der Waals surface area contributed by atoms with Crippen LogP contribution in [0.4, 0.5) is 11.4 Å². The van der Waals surface area contributed by atoms with Gasteiger partial charge in [-0.1, -0.05) is 13.8 Å². The lowest BCUT2D eigenvalue weighted by Gasteiger charge is -2.33. The number of hydrogen-bond acceptors (Lipinski definition) is 4. The largest absolute Gasteiger partial charge is 0.360 e. The van der Waals surface area contributed by atoms with Gasteiger partial charge in [0.25, 0.3) is 11.6 Å². The summed E-state index contributed by atoms with van der Waals surface area (Å²) in [4.78, 5) is 25.6. The van der Waals surface area contributed by atoms with Crippen molar-refractivity contribution in [3.05, 3.63) is 34.4 Å². The van der Waals surface area contributed by atoms with E-state index in [1.165, 1.54) is 17.0 Å². The molecule has 0 radical (unpaired) electrons. The predicted octanol–water partition coefficient (Wildman–Crippen LogP) is 0.0719. The summed E-state index contributed by atoms with van der Waals surface area (Å²) in [6.07, 6.45) is 0. The summed E-state index contributed by atoms with van der Waals surface area (Å²) in [5.74, 6) is 0.574. The average Bonchev–Trinajstić information content (AvgIpc) is 2.54. The van der Waals surface area contributed by atoms with Crippen molar-refractivity contribution in [1.29, 1.82) is 0 Å². The molecule has 1 heterocycles. The van der Waals surface area contributed by atoms with Crippen molar-refractivity contribution >= 4 is 17.3 Å². The fourth-order valence-corrected chi connectivity index (χ4v) is 2.65. The molecule has 1 aromatic rings. The molecule has 0 aliphatic carbocycles. The fraction of sp³-hybridized carbons (Fsp3) is 0.562. The molecule has 126 valence electrons. The molecule has 1 aliphatic heterocycles. The maximum Gasteiger partial charge on any atom is 0.275 e. The molecule has 1 fully saturated rings. The molecule has 0 saturated carbocycles. The van der Waals surface area contributed by atoms with Gasteiger partial charge in [0.15, 0.2) is 6.54 Å². The smallest absolute Gasteiger partial charge is 0.275 e. The Labute approximate surface area is 136 Å². The maximum absolute atomic E-state index is 11.9.